The number of thiocarbonyl (C=S) groups is 1. The molecule has 0 saturated heterocycles. The average Bonchev–Trinajstić information content (AvgIpc) is 2.99. The Morgan fingerprint density at radius 3 is 2.26 bits per heavy atom. The Bertz CT molecular complexity index is 1210. The fraction of sp³-hybridized carbons (Fsp3) is 0.167. The van der Waals surface area contributed by atoms with Crippen molar-refractivity contribution >= 4 is 46.6 Å². The van der Waals surface area contributed by atoms with Crippen LogP contribution in [0.15, 0.2) is 60.8 Å². The number of nitrogens with one attached hydrogen (secondary N) is 4. The van der Waals surface area contributed by atoms with Gasteiger partial charge < -0.3 is 15.7 Å². The Hall–Kier alpha value is -3.69. The topological polar surface area (TPSA) is 115 Å². The standard InChI is InChI=1S/C24H22ClN5O3S/c25-19-11-16(23(33)27-13-20(31)32)12-26-22(19)29-30-24(34)28-21-17-7-3-1-5-14(17)9-10-15-6-2-4-8-18(15)21/h1-8,11-12,21H,9-10,13H2,(H,26,29)(H,27,33)(H,31,32)(H2,28,30,34). The fourth-order valence-corrected chi connectivity index (χ4v) is 4.26. The van der Waals surface area contributed by atoms with Crippen LogP contribution in [-0.2, 0) is 17.6 Å². The number of amides is 1. The summed E-state index contributed by atoms with van der Waals surface area (Å²) < 4.78 is 0. The maximum atomic E-state index is 12.0. The summed E-state index contributed by atoms with van der Waals surface area (Å²) in [6, 6.07) is 17.9. The number of aromatic nitrogens is 1. The first-order chi connectivity index (χ1) is 16.4. The zero-order valence-electron chi connectivity index (χ0n) is 18.0. The van der Waals surface area contributed by atoms with Crippen LogP contribution in [0.4, 0.5) is 5.82 Å². The Kier molecular flexibility index (Phi) is 7.24. The quantitative estimate of drug-likeness (QED) is 0.261. The van der Waals surface area contributed by atoms with Crippen molar-refractivity contribution in [3.05, 3.63) is 93.6 Å². The van der Waals surface area contributed by atoms with Gasteiger partial charge in [0.25, 0.3) is 5.91 Å². The number of pyridine rings is 1. The molecule has 0 bridgehead atoms. The number of aryl methyl sites for hydroxylation is 2. The molecule has 8 nitrogen and oxygen atoms in total. The molecule has 0 fully saturated rings. The van der Waals surface area contributed by atoms with E-state index in [9.17, 15) is 9.59 Å². The molecule has 0 atom stereocenters. The van der Waals surface area contributed by atoms with Gasteiger partial charge in [0, 0.05) is 6.20 Å². The minimum absolute atomic E-state index is 0.125. The van der Waals surface area contributed by atoms with Crippen molar-refractivity contribution in [2.45, 2.75) is 18.9 Å². The van der Waals surface area contributed by atoms with Crippen LogP contribution >= 0.6 is 23.8 Å². The molecule has 0 aliphatic heterocycles. The van der Waals surface area contributed by atoms with Gasteiger partial charge in [-0.05, 0) is 53.4 Å². The van der Waals surface area contributed by atoms with E-state index in [4.69, 9.17) is 28.9 Å². The zero-order valence-corrected chi connectivity index (χ0v) is 19.5. The molecule has 5 N–H and O–H groups in total. The number of hydrazine groups is 1. The van der Waals surface area contributed by atoms with Crippen molar-refractivity contribution in [2.24, 2.45) is 0 Å². The molecule has 10 heteroatoms. The molecular formula is C24H22ClN5O3S. The number of hydrogen-bond acceptors (Lipinski definition) is 5. The van der Waals surface area contributed by atoms with Crippen molar-refractivity contribution < 1.29 is 14.7 Å². The molecule has 0 radical (unpaired) electrons. The number of aliphatic carboxylic acids is 1. The second-order valence-corrected chi connectivity index (χ2v) is 8.50. The Labute approximate surface area is 206 Å². The highest BCUT2D eigenvalue weighted by atomic mass is 35.5. The molecule has 0 unspecified atom stereocenters. The van der Waals surface area contributed by atoms with Crippen molar-refractivity contribution in [2.75, 3.05) is 12.0 Å². The molecule has 34 heavy (non-hydrogen) atoms. The number of benzene rings is 2. The van der Waals surface area contributed by atoms with Gasteiger partial charge in [0.1, 0.15) is 6.54 Å². The number of carbonyl (C=O) groups excluding carboxylic acids is 1. The summed E-state index contributed by atoms with van der Waals surface area (Å²) in [5, 5.41) is 14.8. The molecular weight excluding hydrogens is 474 g/mol. The van der Waals surface area contributed by atoms with Gasteiger partial charge >= 0.3 is 5.97 Å². The van der Waals surface area contributed by atoms with E-state index in [1.54, 1.807) is 0 Å². The van der Waals surface area contributed by atoms with E-state index in [0.717, 1.165) is 12.8 Å². The largest absolute Gasteiger partial charge is 0.480 e. The van der Waals surface area contributed by atoms with E-state index in [2.05, 4.69) is 50.7 Å². The van der Waals surface area contributed by atoms with Gasteiger partial charge in [-0.15, -0.1) is 0 Å². The third-order valence-corrected chi connectivity index (χ3v) is 5.98. The van der Waals surface area contributed by atoms with Crippen LogP contribution in [0.3, 0.4) is 0 Å². The molecule has 1 amide bonds. The lowest BCUT2D eigenvalue weighted by Crippen LogP contribution is -2.41. The van der Waals surface area contributed by atoms with Crippen LogP contribution in [0, 0.1) is 0 Å². The molecule has 4 rings (SSSR count). The van der Waals surface area contributed by atoms with E-state index >= 15 is 0 Å². The number of anilines is 1. The van der Waals surface area contributed by atoms with E-state index in [0.29, 0.717) is 5.11 Å². The number of rotatable bonds is 6. The lowest BCUT2D eigenvalue weighted by molar-refractivity contribution is -0.135. The summed E-state index contributed by atoms with van der Waals surface area (Å²) in [5.41, 5.74) is 10.8. The van der Waals surface area contributed by atoms with E-state index < -0.39 is 18.4 Å². The highest BCUT2D eigenvalue weighted by Gasteiger charge is 2.24. The number of hydrogen-bond donors (Lipinski definition) is 5. The normalized spacial score (nSPS) is 12.5. The van der Waals surface area contributed by atoms with Crippen molar-refractivity contribution in [3.8, 4) is 0 Å². The SMILES string of the molecule is O=C(O)CNC(=O)c1cnc(NNC(=S)NC2c3ccccc3CCc3ccccc32)c(Cl)c1. The summed E-state index contributed by atoms with van der Waals surface area (Å²) >= 11 is 11.8. The van der Waals surface area contributed by atoms with Gasteiger partial charge in [0.15, 0.2) is 10.9 Å². The molecule has 174 valence electrons. The molecule has 3 aromatic rings. The van der Waals surface area contributed by atoms with Gasteiger partial charge in [-0.1, -0.05) is 60.1 Å². The summed E-state index contributed by atoms with van der Waals surface area (Å²) in [4.78, 5) is 26.7. The van der Waals surface area contributed by atoms with Gasteiger partial charge in [-0.3, -0.25) is 20.4 Å². The maximum absolute atomic E-state index is 12.0. The highest BCUT2D eigenvalue weighted by molar-refractivity contribution is 7.80. The molecule has 1 aromatic heterocycles. The number of fused-ring (bicyclic) bond motifs is 2. The van der Waals surface area contributed by atoms with Crippen molar-refractivity contribution in [3.63, 3.8) is 0 Å². The zero-order chi connectivity index (χ0) is 24.1. The maximum Gasteiger partial charge on any atom is 0.322 e. The number of carboxylic acids is 1. The summed E-state index contributed by atoms with van der Waals surface area (Å²) in [7, 11) is 0. The summed E-state index contributed by atoms with van der Waals surface area (Å²) in [6.07, 6.45) is 3.20. The Balaban J connectivity index is 1.45. The van der Waals surface area contributed by atoms with Crippen LogP contribution in [0.5, 0.6) is 0 Å². The van der Waals surface area contributed by atoms with Crippen molar-refractivity contribution in [1.82, 2.24) is 21.0 Å². The molecule has 1 aliphatic carbocycles. The molecule has 1 heterocycles. The van der Waals surface area contributed by atoms with E-state index in [1.165, 1.54) is 34.5 Å². The second-order valence-electron chi connectivity index (χ2n) is 7.68. The van der Waals surface area contributed by atoms with Gasteiger partial charge in [0.05, 0.1) is 16.6 Å². The first-order valence-electron chi connectivity index (χ1n) is 10.6. The average molecular weight is 496 g/mol. The number of halogens is 1. The van der Waals surface area contributed by atoms with Crippen LogP contribution < -0.4 is 21.5 Å². The third-order valence-electron chi connectivity index (χ3n) is 5.47. The predicted octanol–water partition coefficient (Wildman–Crippen LogP) is 3.23. The van der Waals surface area contributed by atoms with Gasteiger partial charge in [-0.2, -0.15) is 0 Å². The lowest BCUT2D eigenvalue weighted by Gasteiger charge is -2.24. The van der Waals surface area contributed by atoms with E-state index in [-0.39, 0.29) is 22.4 Å². The summed E-state index contributed by atoms with van der Waals surface area (Å²) in [5.74, 6) is -1.46. The van der Waals surface area contributed by atoms with E-state index in [1.807, 2.05) is 24.3 Å². The highest BCUT2D eigenvalue weighted by Crippen LogP contribution is 2.32. The monoisotopic (exact) mass is 495 g/mol. The number of carbonyl (C=O) groups is 2. The Morgan fingerprint density at radius 1 is 1.06 bits per heavy atom. The minimum atomic E-state index is -1.14. The molecule has 2 aromatic carbocycles. The lowest BCUT2D eigenvalue weighted by atomic mass is 9.95. The minimum Gasteiger partial charge on any atom is -0.480 e. The van der Waals surface area contributed by atoms with Crippen LogP contribution in [0.25, 0.3) is 0 Å². The molecule has 0 spiro atoms. The molecule has 0 saturated carbocycles. The van der Waals surface area contributed by atoms with Gasteiger partial charge in [0.2, 0.25) is 0 Å². The Morgan fingerprint density at radius 2 is 1.68 bits per heavy atom. The summed E-state index contributed by atoms with van der Waals surface area (Å²) in [6.45, 7) is -0.495. The smallest absolute Gasteiger partial charge is 0.322 e. The van der Waals surface area contributed by atoms with Crippen LogP contribution in [0.2, 0.25) is 5.02 Å². The number of carboxylic acid groups (broad SMARTS) is 1. The first-order valence-corrected chi connectivity index (χ1v) is 11.3. The van der Waals surface area contributed by atoms with Crippen LogP contribution in [0.1, 0.15) is 38.7 Å². The fourth-order valence-electron chi connectivity index (χ4n) is 3.87. The molecule has 1 aliphatic rings. The second kappa shape index (κ2) is 10.5. The predicted molar refractivity (Wildman–Crippen MR) is 134 cm³/mol. The first kappa shape index (κ1) is 23.5. The van der Waals surface area contributed by atoms with Crippen molar-refractivity contribution in [1.29, 1.82) is 0 Å². The van der Waals surface area contributed by atoms with Gasteiger partial charge in [-0.25, -0.2) is 4.98 Å². The third kappa shape index (κ3) is 5.44. The van der Waals surface area contributed by atoms with Crippen LogP contribution in [-0.4, -0.2) is 33.6 Å². The number of nitrogens with zero attached hydrogens (tertiary/aromatic N) is 1.